The molecular formula is C17H24BrFIN5. The van der Waals surface area contributed by atoms with Crippen LogP contribution in [0.25, 0.3) is 0 Å². The fourth-order valence-corrected chi connectivity index (χ4v) is 2.66. The van der Waals surface area contributed by atoms with E-state index in [0.717, 1.165) is 29.9 Å². The van der Waals surface area contributed by atoms with E-state index in [2.05, 4.69) is 36.7 Å². The standard InChI is InChI=1S/C17H23BrFN5.HI/c1-2-20-17(21-8-3-11-24-12-4-9-23-24)22-10-7-14-13-15(18)5-6-16(14)19;/h4-6,9,12-13H,2-3,7-8,10-11H2,1H3,(H2,20,21,22);1H. The molecule has 2 rings (SSSR count). The van der Waals surface area contributed by atoms with Gasteiger partial charge in [-0.25, -0.2) is 4.39 Å². The van der Waals surface area contributed by atoms with Crippen LogP contribution < -0.4 is 10.6 Å². The lowest BCUT2D eigenvalue weighted by atomic mass is 10.1. The molecule has 0 saturated heterocycles. The predicted molar refractivity (Wildman–Crippen MR) is 114 cm³/mol. The van der Waals surface area contributed by atoms with E-state index >= 15 is 0 Å². The molecule has 5 nitrogen and oxygen atoms in total. The lowest BCUT2D eigenvalue weighted by Gasteiger charge is -2.12. The monoisotopic (exact) mass is 523 g/mol. The van der Waals surface area contributed by atoms with Crippen molar-refractivity contribution in [3.8, 4) is 0 Å². The molecule has 0 bridgehead atoms. The third kappa shape index (κ3) is 8.17. The maximum Gasteiger partial charge on any atom is 0.191 e. The summed E-state index contributed by atoms with van der Waals surface area (Å²) < 4.78 is 16.5. The van der Waals surface area contributed by atoms with Crippen molar-refractivity contribution in [2.45, 2.75) is 26.3 Å². The number of nitrogens with one attached hydrogen (secondary N) is 2. The van der Waals surface area contributed by atoms with Crippen LogP contribution in [0.15, 0.2) is 46.1 Å². The first-order chi connectivity index (χ1) is 11.7. The molecule has 0 atom stereocenters. The van der Waals surface area contributed by atoms with Gasteiger partial charge >= 0.3 is 0 Å². The van der Waals surface area contributed by atoms with Crippen molar-refractivity contribution >= 4 is 45.9 Å². The van der Waals surface area contributed by atoms with Crippen molar-refractivity contribution in [3.63, 3.8) is 0 Å². The summed E-state index contributed by atoms with van der Waals surface area (Å²) in [7, 11) is 0. The van der Waals surface area contributed by atoms with E-state index in [4.69, 9.17) is 0 Å². The Morgan fingerprint density at radius 2 is 2.20 bits per heavy atom. The lowest BCUT2D eigenvalue weighted by Crippen LogP contribution is -2.38. The van der Waals surface area contributed by atoms with Crippen molar-refractivity contribution in [2.24, 2.45) is 4.99 Å². The van der Waals surface area contributed by atoms with E-state index in [-0.39, 0.29) is 29.8 Å². The number of rotatable bonds is 8. The van der Waals surface area contributed by atoms with Gasteiger partial charge in [-0.3, -0.25) is 9.67 Å². The number of benzene rings is 1. The molecule has 25 heavy (non-hydrogen) atoms. The molecule has 0 saturated carbocycles. The van der Waals surface area contributed by atoms with Crippen LogP contribution in [-0.4, -0.2) is 35.4 Å². The van der Waals surface area contributed by atoms with Crippen LogP contribution in [0.3, 0.4) is 0 Å². The molecule has 0 unspecified atom stereocenters. The zero-order valence-corrected chi connectivity index (χ0v) is 18.1. The van der Waals surface area contributed by atoms with Crippen LogP contribution in [-0.2, 0) is 13.0 Å². The molecule has 0 aliphatic heterocycles. The summed E-state index contributed by atoms with van der Waals surface area (Å²) in [6.07, 6.45) is 5.23. The van der Waals surface area contributed by atoms with Crippen LogP contribution >= 0.6 is 39.9 Å². The van der Waals surface area contributed by atoms with Crippen molar-refractivity contribution in [1.82, 2.24) is 20.4 Å². The van der Waals surface area contributed by atoms with Crippen molar-refractivity contribution in [2.75, 3.05) is 19.6 Å². The molecule has 8 heteroatoms. The van der Waals surface area contributed by atoms with E-state index in [9.17, 15) is 4.39 Å². The van der Waals surface area contributed by atoms with Crippen LogP contribution in [0.4, 0.5) is 4.39 Å². The Bertz CT molecular complexity index is 648. The summed E-state index contributed by atoms with van der Waals surface area (Å²) in [5, 5.41) is 10.6. The van der Waals surface area contributed by atoms with Gasteiger partial charge in [0.25, 0.3) is 0 Å². The quantitative estimate of drug-likeness (QED) is 0.240. The van der Waals surface area contributed by atoms with E-state index in [1.807, 2.05) is 29.9 Å². The van der Waals surface area contributed by atoms with E-state index in [1.54, 1.807) is 12.3 Å². The summed E-state index contributed by atoms with van der Waals surface area (Å²) in [6.45, 7) is 4.99. The summed E-state index contributed by atoms with van der Waals surface area (Å²) >= 11 is 3.37. The molecular weight excluding hydrogens is 500 g/mol. The number of aliphatic imine (C=N–C) groups is 1. The van der Waals surface area contributed by atoms with Gasteiger partial charge in [-0.15, -0.1) is 24.0 Å². The van der Waals surface area contributed by atoms with Gasteiger partial charge in [0.2, 0.25) is 0 Å². The largest absolute Gasteiger partial charge is 0.357 e. The summed E-state index contributed by atoms with van der Waals surface area (Å²) in [6, 6.07) is 6.91. The van der Waals surface area contributed by atoms with E-state index in [1.165, 1.54) is 6.07 Å². The van der Waals surface area contributed by atoms with Crippen LogP contribution in [0.5, 0.6) is 0 Å². The van der Waals surface area contributed by atoms with Gasteiger partial charge in [0, 0.05) is 43.0 Å². The Morgan fingerprint density at radius 3 is 2.92 bits per heavy atom. The first kappa shape index (κ1) is 21.9. The zero-order valence-electron chi connectivity index (χ0n) is 14.2. The minimum Gasteiger partial charge on any atom is -0.357 e. The van der Waals surface area contributed by atoms with E-state index < -0.39 is 0 Å². The Balaban J connectivity index is 0.00000312. The van der Waals surface area contributed by atoms with Gasteiger partial charge < -0.3 is 10.6 Å². The average Bonchev–Trinajstić information content (AvgIpc) is 3.08. The molecule has 0 amide bonds. The molecule has 0 aliphatic rings. The van der Waals surface area contributed by atoms with Crippen LogP contribution in [0, 0.1) is 5.82 Å². The van der Waals surface area contributed by atoms with Gasteiger partial charge in [-0.2, -0.15) is 5.10 Å². The van der Waals surface area contributed by atoms with Gasteiger partial charge in [-0.05, 0) is 49.6 Å². The Hall–Kier alpha value is -1.16. The first-order valence-corrected chi connectivity index (χ1v) is 8.92. The molecule has 1 aromatic carbocycles. The first-order valence-electron chi connectivity index (χ1n) is 8.12. The maximum atomic E-state index is 13.7. The Kier molecular flexibility index (Phi) is 10.7. The number of hydrogen-bond acceptors (Lipinski definition) is 2. The Morgan fingerprint density at radius 1 is 1.36 bits per heavy atom. The van der Waals surface area contributed by atoms with Gasteiger partial charge in [-0.1, -0.05) is 15.9 Å². The molecule has 2 aromatic rings. The van der Waals surface area contributed by atoms with Crippen molar-refractivity contribution < 1.29 is 4.39 Å². The highest BCUT2D eigenvalue weighted by molar-refractivity contribution is 14.0. The summed E-state index contributed by atoms with van der Waals surface area (Å²) in [5.41, 5.74) is 0.686. The highest BCUT2D eigenvalue weighted by atomic mass is 127. The number of hydrogen-bond donors (Lipinski definition) is 2. The second-order valence-electron chi connectivity index (χ2n) is 5.30. The highest BCUT2D eigenvalue weighted by Crippen LogP contribution is 2.15. The van der Waals surface area contributed by atoms with Gasteiger partial charge in [0.05, 0.1) is 0 Å². The normalized spacial score (nSPS) is 11.1. The average molecular weight is 524 g/mol. The highest BCUT2D eigenvalue weighted by Gasteiger charge is 2.03. The molecule has 0 spiro atoms. The second-order valence-corrected chi connectivity index (χ2v) is 6.21. The number of guanidine groups is 1. The number of nitrogens with zero attached hydrogens (tertiary/aromatic N) is 3. The molecule has 1 aromatic heterocycles. The molecule has 138 valence electrons. The third-order valence-corrected chi connectivity index (χ3v) is 3.91. The van der Waals surface area contributed by atoms with Crippen LogP contribution in [0.1, 0.15) is 18.9 Å². The Labute approximate surface area is 173 Å². The second kappa shape index (κ2) is 12.2. The molecule has 2 N–H and O–H groups in total. The predicted octanol–water partition coefficient (Wildman–Crippen LogP) is 3.59. The topological polar surface area (TPSA) is 54.2 Å². The molecule has 0 radical (unpaired) electrons. The SMILES string of the molecule is CCNC(=NCCCn1cccn1)NCCc1cc(Br)ccc1F.I. The number of aromatic nitrogens is 2. The fourth-order valence-electron chi connectivity index (χ4n) is 2.25. The summed E-state index contributed by atoms with van der Waals surface area (Å²) in [4.78, 5) is 4.53. The van der Waals surface area contributed by atoms with Crippen molar-refractivity contribution in [1.29, 1.82) is 0 Å². The van der Waals surface area contributed by atoms with E-state index in [0.29, 0.717) is 25.1 Å². The zero-order chi connectivity index (χ0) is 17.2. The minimum atomic E-state index is -0.179. The van der Waals surface area contributed by atoms with Crippen LogP contribution in [0.2, 0.25) is 0 Å². The number of aryl methyl sites for hydroxylation is 1. The fraction of sp³-hybridized carbons (Fsp3) is 0.412. The molecule has 1 heterocycles. The van der Waals surface area contributed by atoms with Gasteiger partial charge in [0.15, 0.2) is 5.96 Å². The smallest absolute Gasteiger partial charge is 0.191 e. The van der Waals surface area contributed by atoms with Gasteiger partial charge in [0.1, 0.15) is 5.82 Å². The number of halogens is 3. The minimum absolute atomic E-state index is 0. The lowest BCUT2D eigenvalue weighted by molar-refractivity contribution is 0.583. The third-order valence-electron chi connectivity index (χ3n) is 3.41. The molecule has 0 fully saturated rings. The maximum absolute atomic E-state index is 13.7. The van der Waals surface area contributed by atoms with Crippen molar-refractivity contribution in [3.05, 3.63) is 52.5 Å². The molecule has 0 aliphatic carbocycles. The summed E-state index contributed by atoms with van der Waals surface area (Å²) in [5.74, 6) is 0.578.